The first-order valence-electron chi connectivity index (χ1n) is 5.86. The van der Waals surface area contributed by atoms with Crippen molar-refractivity contribution >= 4 is 23.3 Å². The molecule has 1 aliphatic heterocycles. The molecule has 0 saturated carbocycles. The second-order valence-electron chi connectivity index (χ2n) is 4.09. The Morgan fingerprint density at radius 1 is 1.22 bits per heavy atom. The van der Waals surface area contributed by atoms with Gasteiger partial charge in [0.15, 0.2) is 5.82 Å². The van der Waals surface area contributed by atoms with Gasteiger partial charge in [0.2, 0.25) is 0 Å². The number of hydrogen-bond acceptors (Lipinski definition) is 5. The SMILES string of the molecule is OCCCc1ccc2c(c1)Nc1nccnc1S2. The Morgan fingerprint density at radius 3 is 3.00 bits per heavy atom. The molecular weight excluding hydrogens is 246 g/mol. The lowest BCUT2D eigenvalue weighted by molar-refractivity contribution is 0.288. The van der Waals surface area contributed by atoms with Crippen molar-refractivity contribution in [1.82, 2.24) is 9.97 Å². The van der Waals surface area contributed by atoms with E-state index in [9.17, 15) is 0 Å². The maximum absolute atomic E-state index is 8.86. The normalized spacial score (nSPS) is 12.5. The van der Waals surface area contributed by atoms with Crippen molar-refractivity contribution < 1.29 is 5.11 Å². The molecule has 0 aliphatic carbocycles. The summed E-state index contributed by atoms with van der Waals surface area (Å²) in [7, 11) is 0. The van der Waals surface area contributed by atoms with E-state index in [2.05, 4.69) is 33.5 Å². The molecule has 0 unspecified atom stereocenters. The second-order valence-corrected chi connectivity index (χ2v) is 5.13. The quantitative estimate of drug-likeness (QED) is 0.757. The summed E-state index contributed by atoms with van der Waals surface area (Å²) in [4.78, 5) is 9.73. The number of benzene rings is 1. The van der Waals surface area contributed by atoms with Gasteiger partial charge in [-0.25, -0.2) is 9.97 Å². The first-order valence-corrected chi connectivity index (χ1v) is 6.68. The van der Waals surface area contributed by atoms with Crippen molar-refractivity contribution in [2.45, 2.75) is 22.8 Å². The van der Waals surface area contributed by atoms with Crippen LogP contribution in [0.15, 0.2) is 40.5 Å². The van der Waals surface area contributed by atoms with Gasteiger partial charge in [0, 0.05) is 23.9 Å². The van der Waals surface area contributed by atoms with Gasteiger partial charge < -0.3 is 10.4 Å². The monoisotopic (exact) mass is 259 g/mol. The predicted octanol–water partition coefficient (Wildman–Crippen LogP) is 2.61. The van der Waals surface area contributed by atoms with E-state index in [1.165, 1.54) is 5.56 Å². The zero-order valence-electron chi connectivity index (χ0n) is 9.76. The van der Waals surface area contributed by atoms with Crippen LogP contribution in [0, 0.1) is 0 Å². The Bertz CT molecular complexity index is 574. The van der Waals surface area contributed by atoms with Crippen LogP contribution >= 0.6 is 11.8 Å². The minimum Gasteiger partial charge on any atom is -0.396 e. The average Bonchev–Trinajstić information content (AvgIpc) is 2.42. The highest BCUT2D eigenvalue weighted by atomic mass is 32.2. The molecule has 3 rings (SSSR count). The molecule has 0 fully saturated rings. The van der Waals surface area contributed by atoms with Crippen molar-refractivity contribution in [3.63, 3.8) is 0 Å². The molecule has 1 aliphatic rings. The van der Waals surface area contributed by atoms with Gasteiger partial charge in [-0.1, -0.05) is 17.8 Å². The number of nitrogens with one attached hydrogen (secondary N) is 1. The van der Waals surface area contributed by atoms with Crippen molar-refractivity contribution in [1.29, 1.82) is 0 Å². The second kappa shape index (κ2) is 4.96. The van der Waals surface area contributed by atoms with E-state index < -0.39 is 0 Å². The molecule has 92 valence electrons. The fourth-order valence-electron chi connectivity index (χ4n) is 1.92. The van der Waals surface area contributed by atoms with E-state index in [0.29, 0.717) is 0 Å². The van der Waals surface area contributed by atoms with Gasteiger partial charge >= 0.3 is 0 Å². The molecular formula is C13H13N3OS. The van der Waals surface area contributed by atoms with Crippen LogP contribution in [0.3, 0.4) is 0 Å². The van der Waals surface area contributed by atoms with Gasteiger partial charge in [-0.15, -0.1) is 0 Å². The zero-order chi connectivity index (χ0) is 12.4. The number of hydrogen-bond donors (Lipinski definition) is 2. The first-order chi connectivity index (χ1) is 8.86. The minimum atomic E-state index is 0.230. The topological polar surface area (TPSA) is 58.0 Å². The van der Waals surface area contributed by atoms with Crippen LogP contribution in [-0.4, -0.2) is 21.7 Å². The molecule has 0 bridgehead atoms. The number of aryl methyl sites for hydroxylation is 1. The lowest BCUT2D eigenvalue weighted by atomic mass is 10.1. The number of aromatic nitrogens is 2. The number of nitrogens with zero attached hydrogens (tertiary/aromatic N) is 2. The molecule has 0 spiro atoms. The lowest BCUT2D eigenvalue weighted by Crippen LogP contribution is -2.04. The van der Waals surface area contributed by atoms with Crippen LogP contribution in [0.5, 0.6) is 0 Å². The van der Waals surface area contributed by atoms with Gasteiger partial charge in [-0.2, -0.15) is 0 Å². The largest absolute Gasteiger partial charge is 0.396 e. The summed E-state index contributed by atoms with van der Waals surface area (Å²) in [6, 6.07) is 6.32. The molecule has 1 aromatic carbocycles. The molecule has 2 aromatic rings. The van der Waals surface area contributed by atoms with Crippen molar-refractivity contribution in [3.8, 4) is 0 Å². The molecule has 0 atom stereocenters. The van der Waals surface area contributed by atoms with Crippen LogP contribution in [0.25, 0.3) is 0 Å². The van der Waals surface area contributed by atoms with Crippen molar-refractivity contribution in [2.75, 3.05) is 11.9 Å². The van der Waals surface area contributed by atoms with Crippen molar-refractivity contribution in [3.05, 3.63) is 36.2 Å². The van der Waals surface area contributed by atoms with Gasteiger partial charge in [0.1, 0.15) is 5.03 Å². The Hall–Kier alpha value is -1.59. The highest BCUT2D eigenvalue weighted by Gasteiger charge is 2.17. The molecule has 18 heavy (non-hydrogen) atoms. The zero-order valence-corrected chi connectivity index (χ0v) is 10.6. The molecule has 2 heterocycles. The summed E-state index contributed by atoms with van der Waals surface area (Å²) in [5.41, 5.74) is 2.30. The van der Waals surface area contributed by atoms with Crippen LogP contribution in [0.2, 0.25) is 0 Å². The summed E-state index contributed by atoms with van der Waals surface area (Å²) < 4.78 is 0. The van der Waals surface area contributed by atoms with Gasteiger partial charge in [0.05, 0.1) is 5.69 Å². The predicted molar refractivity (Wildman–Crippen MR) is 71.3 cm³/mol. The molecule has 0 radical (unpaired) electrons. The summed E-state index contributed by atoms with van der Waals surface area (Å²) in [5, 5.41) is 13.1. The lowest BCUT2D eigenvalue weighted by Gasteiger charge is -2.19. The molecule has 1 aromatic heterocycles. The smallest absolute Gasteiger partial charge is 0.163 e. The highest BCUT2D eigenvalue weighted by molar-refractivity contribution is 7.99. The molecule has 4 nitrogen and oxygen atoms in total. The van der Waals surface area contributed by atoms with E-state index in [0.717, 1.165) is 34.3 Å². The van der Waals surface area contributed by atoms with E-state index in [1.807, 2.05) is 0 Å². The first kappa shape index (κ1) is 11.5. The molecule has 0 amide bonds. The van der Waals surface area contributed by atoms with E-state index >= 15 is 0 Å². The number of fused-ring (bicyclic) bond motifs is 2. The standard InChI is InChI=1S/C13H13N3OS/c17-7-1-2-9-3-4-11-10(8-9)16-12-13(18-11)15-6-5-14-12/h3-6,8,17H,1-2,7H2,(H,14,16). The van der Waals surface area contributed by atoms with Gasteiger partial charge in [-0.3, -0.25) is 0 Å². The van der Waals surface area contributed by atoms with Crippen LogP contribution in [0.1, 0.15) is 12.0 Å². The van der Waals surface area contributed by atoms with Crippen molar-refractivity contribution in [2.24, 2.45) is 0 Å². The molecule has 5 heteroatoms. The summed E-state index contributed by atoms with van der Waals surface area (Å²) >= 11 is 1.63. The van der Waals surface area contributed by atoms with E-state index in [-0.39, 0.29) is 6.61 Å². The number of aliphatic hydroxyl groups excluding tert-OH is 1. The highest BCUT2D eigenvalue weighted by Crippen LogP contribution is 2.41. The van der Waals surface area contributed by atoms with Crippen LogP contribution in [-0.2, 0) is 6.42 Å². The molecule has 2 N–H and O–H groups in total. The maximum Gasteiger partial charge on any atom is 0.163 e. The number of anilines is 2. The number of aliphatic hydroxyl groups is 1. The maximum atomic E-state index is 8.86. The third kappa shape index (κ3) is 2.19. The Balaban J connectivity index is 1.89. The van der Waals surface area contributed by atoms with E-state index in [1.54, 1.807) is 24.2 Å². The van der Waals surface area contributed by atoms with Gasteiger partial charge in [-0.05, 0) is 30.5 Å². The minimum absolute atomic E-state index is 0.230. The fourth-order valence-corrected chi connectivity index (χ4v) is 2.80. The van der Waals surface area contributed by atoms with Gasteiger partial charge in [0.25, 0.3) is 0 Å². The Labute approximate surface area is 109 Å². The summed E-state index contributed by atoms with van der Waals surface area (Å²) in [6.07, 6.45) is 5.08. The fraction of sp³-hybridized carbons (Fsp3) is 0.231. The summed E-state index contributed by atoms with van der Waals surface area (Å²) in [6.45, 7) is 0.230. The van der Waals surface area contributed by atoms with Crippen LogP contribution in [0.4, 0.5) is 11.5 Å². The average molecular weight is 259 g/mol. The molecule has 0 saturated heterocycles. The summed E-state index contributed by atoms with van der Waals surface area (Å²) in [5.74, 6) is 0.814. The van der Waals surface area contributed by atoms with E-state index in [4.69, 9.17) is 5.11 Å². The third-order valence-electron chi connectivity index (χ3n) is 2.79. The third-order valence-corrected chi connectivity index (χ3v) is 3.86. The Morgan fingerprint density at radius 2 is 2.11 bits per heavy atom. The Kier molecular flexibility index (Phi) is 3.17. The van der Waals surface area contributed by atoms with Crippen LogP contribution < -0.4 is 5.32 Å². The number of rotatable bonds is 3.